The smallest absolute Gasteiger partial charge is 0.119 e. The summed E-state index contributed by atoms with van der Waals surface area (Å²) in [5, 5.41) is 0. The molecule has 0 spiro atoms. The lowest BCUT2D eigenvalue weighted by Gasteiger charge is -2.26. The van der Waals surface area contributed by atoms with Gasteiger partial charge in [0.25, 0.3) is 0 Å². The monoisotopic (exact) mass is 388 g/mol. The minimum atomic E-state index is 0.797. The predicted octanol–water partition coefficient (Wildman–Crippen LogP) is 7.41. The van der Waals surface area contributed by atoms with Crippen molar-refractivity contribution >= 4 is 0 Å². The molecule has 0 amide bonds. The number of benzene rings is 2. The van der Waals surface area contributed by atoms with E-state index < -0.39 is 0 Å². The number of ether oxygens (including phenoxy) is 1. The maximum absolute atomic E-state index is 5.76. The van der Waals surface area contributed by atoms with Crippen LogP contribution in [0.5, 0.6) is 5.75 Å². The Morgan fingerprint density at radius 2 is 1.45 bits per heavy atom. The molecule has 29 heavy (non-hydrogen) atoms. The zero-order chi connectivity index (χ0) is 20.3. The van der Waals surface area contributed by atoms with E-state index in [-0.39, 0.29) is 0 Å². The second-order valence-electron chi connectivity index (χ2n) is 8.69. The quantitative estimate of drug-likeness (QED) is 0.338. The molecule has 1 aliphatic rings. The Bertz CT molecular complexity index is 768. The molecule has 0 aliphatic heterocycles. The van der Waals surface area contributed by atoms with Gasteiger partial charge in [0.2, 0.25) is 0 Å². The average molecular weight is 389 g/mol. The molecular formula is C28H36O. The van der Waals surface area contributed by atoms with Crippen LogP contribution < -0.4 is 4.74 Å². The van der Waals surface area contributed by atoms with Crippen LogP contribution >= 0.6 is 0 Å². The summed E-state index contributed by atoms with van der Waals surface area (Å²) in [6.07, 6.45) is 11.8. The van der Waals surface area contributed by atoms with E-state index in [2.05, 4.69) is 50.0 Å². The van der Waals surface area contributed by atoms with E-state index in [1.807, 2.05) is 24.3 Å². The Labute approximate surface area is 177 Å². The summed E-state index contributed by atoms with van der Waals surface area (Å²) in [6.45, 7) is 5.40. The van der Waals surface area contributed by atoms with Crippen molar-refractivity contribution in [3.63, 3.8) is 0 Å². The molecule has 1 heteroatoms. The van der Waals surface area contributed by atoms with Crippen molar-refractivity contribution < 1.29 is 4.74 Å². The lowest BCUT2D eigenvalue weighted by Crippen LogP contribution is -2.12. The van der Waals surface area contributed by atoms with Gasteiger partial charge in [0.1, 0.15) is 5.75 Å². The van der Waals surface area contributed by atoms with Crippen molar-refractivity contribution in [1.29, 1.82) is 0 Å². The molecule has 154 valence electrons. The summed E-state index contributed by atoms with van der Waals surface area (Å²) in [7, 11) is 0. The third-order valence-corrected chi connectivity index (χ3v) is 6.15. The van der Waals surface area contributed by atoms with Gasteiger partial charge >= 0.3 is 0 Å². The molecule has 0 radical (unpaired) electrons. The van der Waals surface area contributed by atoms with Crippen molar-refractivity contribution in [2.45, 2.75) is 71.6 Å². The summed E-state index contributed by atoms with van der Waals surface area (Å²) < 4.78 is 5.76. The first-order valence-electron chi connectivity index (χ1n) is 11.6. The van der Waals surface area contributed by atoms with Crippen molar-refractivity contribution in [1.82, 2.24) is 0 Å². The third-order valence-electron chi connectivity index (χ3n) is 6.15. The van der Waals surface area contributed by atoms with Gasteiger partial charge in [-0.1, -0.05) is 76.3 Å². The Morgan fingerprint density at radius 1 is 0.828 bits per heavy atom. The maximum atomic E-state index is 5.76. The molecule has 0 atom stereocenters. The molecular weight excluding hydrogens is 352 g/mol. The van der Waals surface area contributed by atoms with Gasteiger partial charge in [-0.3, -0.25) is 0 Å². The van der Waals surface area contributed by atoms with E-state index >= 15 is 0 Å². The zero-order valence-corrected chi connectivity index (χ0v) is 18.3. The topological polar surface area (TPSA) is 9.23 Å². The van der Waals surface area contributed by atoms with Crippen molar-refractivity contribution in [3.8, 4) is 17.6 Å². The Hall–Kier alpha value is -2.20. The lowest BCUT2D eigenvalue weighted by atomic mass is 9.80. The Kier molecular flexibility index (Phi) is 8.69. The molecule has 0 N–H and O–H groups in total. The molecule has 1 saturated carbocycles. The van der Waals surface area contributed by atoms with Crippen LogP contribution in [0.15, 0.2) is 48.5 Å². The van der Waals surface area contributed by atoms with Gasteiger partial charge in [-0.15, -0.1) is 0 Å². The van der Waals surface area contributed by atoms with Crippen LogP contribution in [0, 0.1) is 23.7 Å². The standard InChI is InChI=1S/C28H36O/c1-3-4-5-22-29-28-20-18-27(19-21-28)17-16-26-14-12-25(13-15-26)11-10-24-8-6-23(2)7-9-24/h12-15,18-21,23-24H,3-11,22H2,1-2H3/t23-,24-. The van der Waals surface area contributed by atoms with Crippen LogP contribution in [0.1, 0.15) is 81.9 Å². The van der Waals surface area contributed by atoms with E-state index in [1.54, 1.807) is 0 Å². The molecule has 1 fully saturated rings. The van der Waals surface area contributed by atoms with Gasteiger partial charge in [0.15, 0.2) is 0 Å². The molecule has 0 heterocycles. The van der Waals surface area contributed by atoms with Gasteiger partial charge in [-0.05, 0) is 73.1 Å². The fourth-order valence-corrected chi connectivity index (χ4v) is 4.06. The van der Waals surface area contributed by atoms with Crippen LogP contribution in [0.2, 0.25) is 0 Å². The zero-order valence-electron chi connectivity index (χ0n) is 18.3. The van der Waals surface area contributed by atoms with Crippen molar-refractivity contribution in [2.75, 3.05) is 6.61 Å². The second-order valence-corrected chi connectivity index (χ2v) is 8.69. The molecule has 1 aliphatic carbocycles. The van der Waals surface area contributed by atoms with Crippen LogP contribution in [-0.2, 0) is 6.42 Å². The minimum absolute atomic E-state index is 0.797. The third kappa shape index (κ3) is 7.62. The number of aryl methyl sites for hydroxylation is 1. The molecule has 0 saturated heterocycles. The molecule has 3 rings (SSSR count). The summed E-state index contributed by atoms with van der Waals surface area (Å²) in [5.74, 6) is 9.36. The maximum Gasteiger partial charge on any atom is 0.119 e. The highest BCUT2D eigenvalue weighted by Gasteiger charge is 2.17. The van der Waals surface area contributed by atoms with Crippen molar-refractivity contribution in [2.24, 2.45) is 11.8 Å². The summed E-state index contributed by atoms with van der Waals surface area (Å²) in [4.78, 5) is 0. The molecule has 0 bridgehead atoms. The predicted molar refractivity (Wildman–Crippen MR) is 123 cm³/mol. The summed E-state index contributed by atoms with van der Waals surface area (Å²) in [5.41, 5.74) is 3.56. The second kappa shape index (κ2) is 11.7. The first-order valence-corrected chi connectivity index (χ1v) is 11.6. The highest BCUT2D eigenvalue weighted by atomic mass is 16.5. The van der Waals surface area contributed by atoms with Gasteiger partial charge < -0.3 is 4.74 Å². The molecule has 2 aromatic rings. The van der Waals surface area contributed by atoms with Crippen LogP contribution in [0.4, 0.5) is 0 Å². The SMILES string of the molecule is CCCCCOc1ccc(C#Cc2ccc(CC[C@H]3CC[C@H](C)CC3)cc2)cc1. The van der Waals surface area contributed by atoms with Crippen molar-refractivity contribution in [3.05, 3.63) is 65.2 Å². The number of hydrogen-bond acceptors (Lipinski definition) is 1. The van der Waals surface area contributed by atoms with E-state index in [0.717, 1.165) is 41.7 Å². The van der Waals surface area contributed by atoms with Gasteiger partial charge in [0.05, 0.1) is 6.61 Å². The van der Waals surface area contributed by atoms with Crippen LogP contribution in [-0.4, -0.2) is 6.61 Å². The van der Waals surface area contributed by atoms with E-state index in [9.17, 15) is 0 Å². The first kappa shape index (κ1) is 21.5. The Balaban J connectivity index is 1.45. The first-order chi connectivity index (χ1) is 14.2. The minimum Gasteiger partial charge on any atom is -0.494 e. The number of hydrogen-bond donors (Lipinski definition) is 0. The van der Waals surface area contributed by atoms with E-state index in [0.29, 0.717) is 0 Å². The lowest BCUT2D eigenvalue weighted by molar-refractivity contribution is 0.278. The number of unbranched alkanes of at least 4 members (excludes halogenated alkanes) is 2. The average Bonchev–Trinajstić information content (AvgIpc) is 2.76. The Morgan fingerprint density at radius 3 is 2.07 bits per heavy atom. The van der Waals surface area contributed by atoms with Gasteiger partial charge in [0, 0.05) is 11.1 Å². The van der Waals surface area contributed by atoms with Gasteiger partial charge in [-0.25, -0.2) is 0 Å². The number of rotatable bonds is 8. The fraction of sp³-hybridized carbons (Fsp3) is 0.500. The summed E-state index contributed by atoms with van der Waals surface area (Å²) >= 11 is 0. The van der Waals surface area contributed by atoms with Crippen LogP contribution in [0.25, 0.3) is 0 Å². The normalized spacial score (nSPS) is 18.7. The van der Waals surface area contributed by atoms with E-state index in [1.165, 1.54) is 56.9 Å². The van der Waals surface area contributed by atoms with Crippen LogP contribution in [0.3, 0.4) is 0 Å². The largest absolute Gasteiger partial charge is 0.494 e. The molecule has 2 aromatic carbocycles. The summed E-state index contributed by atoms with van der Waals surface area (Å²) in [6, 6.07) is 17.0. The van der Waals surface area contributed by atoms with E-state index in [4.69, 9.17) is 4.74 Å². The molecule has 0 unspecified atom stereocenters. The van der Waals surface area contributed by atoms with Gasteiger partial charge in [-0.2, -0.15) is 0 Å². The highest BCUT2D eigenvalue weighted by molar-refractivity contribution is 5.44. The fourth-order valence-electron chi connectivity index (χ4n) is 4.06. The molecule has 0 aromatic heterocycles. The molecule has 1 nitrogen and oxygen atoms in total. The highest BCUT2D eigenvalue weighted by Crippen LogP contribution is 2.31.